The molecule has 2 saturated heterocycles. The summed E-state index contributed by atoms with van der Waals surface area (Å²) in [5.74, 6) is -0.472. The van der Waals surface area contributed by atoms with E-state index in [-0.39, 0.29) is 18.1 Å². The van der Waals surface area contributed by atoms with Crippen LogP contribution in [0.1, 0.15) is 25.1 Å². The Balaban J connectivity index is 1.70. The lowest BCUT2D eigenvalue weighted by Crippen LogP contribution is -2.44. The molecule has 20 heavy (non-hydrogen) atoms. The number of amides is 2. The van der Waals surface area contributed by atoms with E-state index in [2.05, 4.69) is 9.97 Å². The number of aromatic nitrogens is 2. The second-order valence-corrected chi connectivity index (χ2v) is 5.56. The lowest BCUT2D eigenvalue weighted by molar-refractivity contribution is -0.142. The molecule has 1 aromatic rings. The Morgan fingerprint density at radius 3 is 2.95 bits per heavy atom. The van der Waals surface area contributed by atoms with Crippen LogP contribution in [0.25, 0.3) is 0 Å². The molecule has 2 amide bonds. The highest BCUT2D eigenvalue weighted by Crippen LogP contribution is 2.42. The van der Waals surface area contributed by atoms with Crippen molar-refractivity contribution in [1.82, 2.24) is 19.8 Å². The molecule has 7 nitrogen and oxygen atoms in total. The first-order valence-electron chi connectivity index (χ1n) is 6.82. The Hall–Kier alpha value is -2.05. The summed E-state index contributed by atoms with van der Waals surface area (Å²) in [5, 5.41) is 9.21. The van der Waals surface area contributed by atoms with Crippen molar-refractivity contribution in [3.05, 3.63) is 18.2 Å². The summed E-state index contributed by atoms with van der Waals surface area (Å²) in [7, 11) is 1.72. The largest absolute Gasteiger partial charge is 0.481 e. The summed E-state index contributed by atoms with van der Waals surface area (Å²) in [6.45, 7) is 0.402. The number of imidazole rings is 1. The van der Waals surface area contributed by atoms with Crippen LogP contribution in [0.4, 0.5) is 4.79 Å². The molecular formula is C13H18N4O3. The van der Waals surface area contributed by atoms with Crippen molar-refractivity contribution in [3.8, 4) is 0 Å². The zero-order valence-corrected chi connectivity index (χ0v) is 11.3. The molecule has 3 unspecified atom stereocenters. The van der Waals surface area contributed by atoms with Crippen LogP contribution in [0.3, 0.4) is 0 Å². The van der Waals surface area contributed by atoms with Gasteiger partial charge in [0.1, 0.15) is 5.82 Å². The van der Waals surface area contributed by atoms with E-state index in [1.807, 2.05) is 0 Å². The van der Waals surface area contributed by atoms with Crippen LogP contribution >= 0.6 is 0 Å². The van der Waals surface area contributed by atoms with Crippen LogP contribution in [0.2, 0.25) is 0 Å². The molecule has 2 bridgehead atoms. The fraction of sp³-hybridized carbons (Fsp3) is 0.615. The third kappa shape index (κ3) is 2.03. The van der Waals surface area contributed by atoms with E-state index in [0.717, 1.165) is 18.7 Å². The van der Waals surface area contributed by atoms with Crippen molar-refractivity contribution in [3.63, 3.8) is 0 Å². The van der Waals surface area contributed by atoms with Crippen LogP contribution in [0, 0.1) is 5.92 Å². The normalized spacial score (nSPS) is 27.9. The van der Waals surface area contributed by atoms with E-state index in [0.29, 0.717) is 13.0 Å². The molecule has 2 fully saturated rings. The summed E-state index contributed by atoms with van der Waals surface area (Å²) in [6.07, 6.45) is 5.65. The molecule has 0 saturated carbocycles. The summed E-state index contributed by atoms with van der Waals surface area (Å²) in [6, 6.07) is -0.172. The SMILES string of the molecule is CN(Cc1ncc[nH]1)C(=O)N1C2CCC1C(C(=O)O)C2. The number of fused-ring (bicyclic) bond motifs is 2. The maximum absolute atomic E-state index is 12.5. The molecule has 0 spiro atoms. The Morgan fingerprint density at radius 1 is 1.55 bits per heavy atom. The van der Waals surface area contributed by atoms with E-state index in [4.69, 9.17) is 0 Å². The van der Waals surface area contributed by atoms with E-state index in [1.54, 1.807) is 29.2 Å². The monoisotopic (exact) mass is 278 g/mol. The van der Waals surface area contributed by atoms with Crippen molar-refractivity contribution < 1.29 is 14.7 Å². The minimum atomic E-state index is -0.788. The number of rotatable bonds is 3. The predicted octanol–water partition coefficient (Wildman–Crippen LogP) is 0.899. The fourth-order valence-corrected chi connectivity index (χ4v) is 3.43. The lowest BCUT2D eigenvalue weighted by Gasteiger charge is -2.28. The quantitative estimate of drug-likeness (QED) is 0.859. The topological polar surface area (TPSA) is 89.5 Å². The van der Waals surface area contributed by atoms with E-state index in [9.17, 15) is 14.7 Å². The highest BCUT2D eigenvalue weighted by Gasteiger charge is 2.51. The fourth-order valence-electron chi connectivity index (χ4n) is 3.43. The summed E-state index contributed by atoms with van der Waals surface area (Å²) in [5.41, 5.74) is 0. The number of carboxylic acids is 1. The zero-order valence-electron chi connectivity index (χ0n) is 11.3. The molecule has 2 aliphatic rings. The number of aliphatic carboxylic acids is 1. The van der Waals surface area contributed by atoms with Crippen LogP contribution in [-0.2, 0) is 11.3 Å². The standard InChI is InChI=1S/C13H18N4O3/c1-16(7-11-14-4-5-15-11)13(20)17-8-2-3-10(17)9(6-8)12(18)19/h4-5,8-10H,2-3,6-7H2,1H3,(H,14,15)(H,18,19). The average molecular weight is 278 g/mol. The van der Waals surface area contributed by atoms with Gasteiger partial charge in [0.15, 0.2) is 0 Å². The molecule has 1 aromatic heterocycles. The minimum Gasteiger partial charge on any atom is -0.481 e. The van der Waals surface area contributed by atoms with Gasteiger partial charge in [-0.05, 0) is 19.3 Å². The lowest BCUT2D eigenvalue weighted by atomic mass is 9.89. The number of hydrogen-bond acceptors (Lipinski definition) is 3. The van der Waals surface area contributed by atoms with Gasteiger partial charge in [0.2, 0.25) is 0 Å². The summed E-state index contributed by atoms with van der Waals surface area (Å²) in [4.78, 5) is 34.2. The second kappa shape index (κ2) is 4.81. The van der Waals surface area contributed by atoms with Crippen molar-refractivity contribution in [2.24, 2.45) is 5.92 Å². The van der Waals surface area contributed by atoms with Gasteiger partial charge >= 0.3 is 12.0 Å². The number of carbonyl (C=O) groups is 2. The molecule has 2 N–H and O–H groups in total. The maximum Gasteiger partial charge on any atom is 0.320 e. The molecule has 7 heteroatoms. The molecule has 3 atom stereocenters. The van der Waals surface area contributed by atoms with Crippen LogP contribution in [-0.4, -0.2) is 56.0 Å². The Kier molecular flexibility index (Phi) is 3.11. The number of H-pyrrole nitrogens is 1. The number of urea groups is 1. The minimum absolute atomic E-state index is 0.0765. The van der Waals surface area contributed by atoms with Crippen molar-refractivity contribution in [2.45, 2.75) is 37.9 Å². The van der Waals surface area contributed by atoms with Crippen molar-refractivity contribution in [1.29, 1.82) is 0 Å². The number of nitrogens with one attached hydrogen (secondary N) is 1. The predicted molar refractivity (Wildman–Crippen MR) is 69.8 cm³/mol. The van der Waals surface area contributed by atoms with Gasteiger partial charge in [-0.15, -0.1) is 0 Å². The van der Waals surface area contributed by atoms with Crippen molar-refractivity contribution >= 4 is 12.0 Å². The van der Waals surface area contributed by atoms with E-state index in [1.165, 1.54) is 0 Å². The van der Waals surface area contributed by atoms with Gasteiger partial charge in [0.25, 0.3) is 0 Å². The van der Waals surface area contributed by atoms with Crippen LogP contribution < -0.4 is 0 Å². The van der Waals surface area contributed by atoms with Gasteiger partial charge in [-0.25, -0.2) is 9.78 Å². The number of hydrogen-bond donors (Lipinski definition) is 2. The van der Waals surface area contributed by atoms with Crippen LogP contribution in [0.15, 0.2) is 12.4 Å². The van der Waals surface area contributed by atoms with Gasteiger partial charge in [-0.2, -0.15) is 0 Å². The first kappa shape index (κ1) is 13.0. The summed E-state index contributed by atoms with van der Waals surface area (Å²) < 4.78 is 0. The third-order valence-corrected chi connectivity index (χ3v) is 4.34. The average Bonchev–Trinajstić information content (AvgIpc) is 3.12. The van der Waals surface area contributed by atoms with Gasteiger partial charge in [-0.3, -0.25) is 4.79 Å². The highest BCUT2D eigenvalue weighted by molar-refractivity contribution is 5.79. The molecule has 0 aromatic carbocycles. The molecule has 108 valence electrons. The van der Waals surface area contributed by atoms with Gasteiger partial charge in [-0.1, -0.05) is 0 Å². The first-order chi connectivity index (χ1) is 9.58. The number of carbonyl (C=O) groups excluding carboxylic acids is 1. The highest BCUT2D eigenvalue weighted by atomic mass is 16.4. The maximum atomic E-state index is 12.5. The van der Waals surface area contributed by atoms with Gasteiger partial charge < -0.3 is 19.9 Å². The molecule has 0 radical (unpaired) electrons. The summed E-state index contributed by atoms with van der Waals surface area (Å²) >= 11 is 0. The third-order valence-electron chi connectivity index (χ3n) is 4.34. The first-order valence-corrected chi connectivity index (χ1v) is 6.82. The Bertz CT molecular complexity index is 516. The van der Waals surface area contributed by atoms with Crippen LogP contribution in [0.5, 0.6) is 0 Å². The molecule has 0 aliphatic carbocycles. The van der Waals surface area contributed by atoms with E-state index < -0.39 is 11.9 Å². The number of nitrogens with zero attached hydrogens (tertiary/aromatic N) is 3. The van der Waals surface area contributed by atoms with E-state index >= 15 is 0 Å². The molecule has 2 aliphatic heterocycles. The molecular weight excluding hydrogens is 260 g/mol. The second-order valence-electron chi connectivity index (χ2n) is 5.56. The number of carboxylic acid groups (broad SMARTS) is 1. The number of aromatic amines is 1. The Labute approximate surface area is 116 Å². The van der Waals surface area contributed by atoms with Crippen molar-refractivity contribution in [2.75, 3.05) is 7.05 Å². The van der Waals surface area contributed by atoms with Gasteiger partial charge in [0.05, 0.1) is 12.5 Å². The zero-order chi connectivity index (χ0) is 14.3. The molecule has 3 rings (SSSR count). The molecule has 3 heterocycles. The smallest absolute Gasteiger partial charge is 0.320 e. The van der Waals surface area contributed by atoms with Gasteiger partial charge in [0, 0.05) is 31.5 Å². The Morgan fingerprint density at radius 2 is 2.35 bits per heavy atom.